The number of imide groups is 2. The molecule has 0 aromatic heterocycles. The topological polar surface area (TPSA) is 119 Å². The van der Waals surface area contributed by atoms with E-state index >= 15 is 0 Å². The summed E-state index contributed by atoms with van der Waals surface area (Å²) in [6.07, 6.45) is 1.37. The van der Waals surface area contributed by atoms with Gasteiger partial charge in [-0.05, 0) is 79.1 Å². The van der Waals surface area contributed by atoms with Gasteiger partial charge in [-0.1, -0.05) is 22.0 Å². The number of hydrogen-bond acceptors (Lipinski definition) is 6. The van der Waals surface area contributed by atoms with E-state index in [1.54, 1.807) is 42.5 Å². The second-order valence-corrected chi connectivity index (χ2v) is 9.11. The highest BCUT2D eigenvalue weighted by molar-refractivity contribution is 9.10. The van der Waals surface area contributed by atoms with Crippen molar-refractivity contribution < 1.29 is 24.0 Å². The molecule has 1 aliphatic heterocycles. The van der Waals surface area contributed by atoms with Crippen LogP contribution < -0.4 is 15.0 Å². The van der Waals surface area contributed by atoms with Crippen molar-refractivity contribution in [1.29, 1.82) is 0 Å². The smallest absolute Gasteiger partial charge is 0.335 e. The quantitative estimate of drug-likeness (QED) is 0.195. The largest absolute Gasteiger partial charge is 0.488 e. The normalized spacial score (nSPS) is 14.7. The van der Waals surface area contributed by atoms with Crippen molar-refractivity contribution in [2.75, 3.05) is 4.90 Å². The van der Waals surface area contributed by atoms with Gasteiger partial charge in [-0.25, -0.2) is 9.69 Å². The highest BCUT2D eigenvalue weighted by Gasteiger charge is 2.37. The number of barbiturate groups is 1. The van der Waals surface area contributed by atoms with E-state index in [1.807, 2.05) is 19.9 Å². The van der Waals surface area contributed by atoms with Gasteiger partial charge < -0.3 is 4.74 Å². The summed E-state index contributed by atoms with van der Waals surface area (Å²) in [5.74, 6) is -1.19. The molecule has 3 aromatic rings. The molecular weight excluding hydrogens is 530 g/mol. The number of hydrogen-bond donors (Lipinski definition) is 1. The van der Waals surface area contributed by atoms with Crippen molar-refractivity contribution in [2.24, 2.45) is 0 Å². The number of nitro groups is 1. The maximum atomic E-state index is 13.3. The Kier molecular flexibility index (Phi) is 6.98. The lowest BCUT2D eigenvalue weighted by Gasteiger charge is -2.27. The average molecular weight is 550 g/mol. The number of nitrogens with one attached hydrogen (secondary N) is 1. The molecule has 0 unspecified atom stereocenters. The number of non-ortho nitro benzene ring substituents is 1. The number of urea groups is 1. The number of carbonyl (C=O) groups is 3. The van der Waals surface area contributed by atoms with Crippen molar-refractivity contribution in [1.82, 2.24) is 5.32 Å². The Morgan fingerprint density at radius 3 is 2.31 bits per heavy atom. The number of rotatable bonds is 6. The molecular formula is C26H20BrN3O6. The third kappa shape index (κ3) is 5.33. The number of amides is 4. The molecule has 1 fully saturated rings. The first-order valence-electron chi connectivity index (χ1n) is 10.8. The molecule has 1 aliphatic rings. The second-order valence-electron chi connectivity index (χ2n) is 8.20. The predicted octanol–water partition coefficient (Wildman–Crippen LogP) is 5.22. The first kappa shape index (κ1) is 24.8. The van der Waals surface area contributed by atoms with Crippen molar-refractivity contribution >= 4 is 51.2 Å². The van der Waals surface area contributed by atoms with E-state index < -0.39 is 22.8 Å². The van der Waals surface area contributed by atoms with Gasteiger partial charge in [-0.2, -0.15) is 0 Å². The van der Waals surface area contributed by atoms with Crippen LogP contribution in [0, 0.1) is 24.0 Å². The van der Waals surface area contributed by atoms with Gasteiger partial charge in [-0.15, -0.1) is 0 Å². The van der Waals surface area contributed by atoms with E-state index in [0.717, 1.165) is 16.0 Å². The summed E-state index contributed by atoms with van der Waals surface area (Å²) in [6, 6.07) is 15.5. The van der Waals surface area contributed by atoms with Crippen LogP contribution in [0.2, 0.25) is 0 Å². The fourth-order valence-electron chi connectivity index (χ4n) is 3.77. The minimum absolute atomic E-state index is 0.0301. The molecule has 4 amide bonds. The van der Waals surface area contributed by atoms with E-state index in [1.165, 1.54) is 18.2 Å². The fraction of sp³-hybridized carbons (Fsp3) is 0.115. The van der Waals surface area contributed by atoms with Crippen LogP contribution in [0.5, 0.6) is 5.75 Å². The number of benzene rings is 3. The van der Waals surface area contributed by atoms with E-state index in [4.69, 9.17) is 4.74 Å². The van der Waals surface area contributed by atoms with Crippen LogP contribution in [0.25, 0.3) is 6.08 Å². The summed E-state index contributed by atoms with van der Waals surface area (Å²) in [5, 5.41) is 13.1. The van der Waals surface area contributed by atoms with Crippen molar-refractivity contribution in [3.05, 3.63) is 103 Å². The molecule has 0 radical (unpaired) electrons. The van der Waals surface area contributed by atoms with Crippen molar-refractivity contribution in [2.45, 2.75) is 20.5 Å². The van der Waals surface area contributed by atoms with Crippen LogP contribution in [0.15, 0.2) is 70.7 Å². The molecule has 9 nitrogen and oxygen atoms in total. The Bertz CT molecular complexity index is 1410. The number of nitrogens with zero attached hydrogens (tertiary/aromatic N) is 2. The Hall–Kier alpha value is -4.31. The van der Waals surface area contributed by atoms with Crippen molar-refractivity contribution in [3.63, 3.8) is 0 Å². The molecule has 1 N–H and O–H groups in total. The fourth-order valence-corrected chi connectivity index (χ4v) is 4.14. The van der Waals surface area contributed by atoms with Gasteiger partial charge in [0.2, 0.25) is 0 Å². The van der Waals surface area contributed by atoms with E-state index in [9.17, 15) is 24.5 Å². The first-order chi connectivity index (χ1) is 17.1. The number of carbonyl (C=O) groups excluding carboxylic acids is 3. The average Bonchev–Trinajstić information content (AvgIpc) is 2.80. The Labute approximate surface area is 214 Å². The highest BCUT2D eigenvalue weighted by Crippen LogP contribution is 2.29. The number of anilines is 1. The molecule has 4 rings (SSSR count). The monoisotopic (exact) mass is 549 g/mol. The lowest BCUT2D eigenvalue weighted by molar-refractivity contribution is -0.384. The Balaban J connectivity index is 1.65. The number of nitro benzene ring substituents is 1. The van der Waals surface area contributed by atoms with E-state index in [-0.39, 0.29) is 17.9 Å². The zero-order valence-corrected chi connectivity index (χ0v) is 20.9. The van der Waals surface area contributed by atoms with Crippen LogP contribution in [0.1, 0.15) is 22.3 Å². The minimum Gasteiger partial charge on any atom is -0.488 e. The molecule has 182 valence electrons. The molecule has 10 heteroatoms. The van der Waals surface area contributed by atoms with E-state index in [0.29, 0.717) is 27.0 Å². The molecule has 0 saturated carbocycles. The zero-order valence-electron chi connectivity index (χ0n) is 19.3. The molecule has 1 saturated heterocycles. The van der Waals surface area contributed by atoms with Gasteiger partial charge in [0, 0.05) is 22.2 Å². The first-order valence-corrected chi connectivity index (χ1v) is 11.6. The molecule has 0 bridgehead atoms. The van der Waals surface area contributed by atoms with Gasteiger partial charge in [0.25, 0.3) is 17.5 Å². The number of halogens is 1. The SMILES string of the molecule is Cc1cc(C)cc(N2C(=O)NC(=O)/C(=C\c3cc(Br)ccc3OCc3ccc([N+](=O)[O-])cc3)C2=O)c1. The predicted molar refractivity (Wildman–Crippen MR) is 136 cm³/mol. The van der Waals surface area contributed by atoms with Crippen LogP contribution in [-0.4, -0.2) is 22.8 Å². The van der Waals surface area contributed by atoms with Gasteiger partial charge in [0.1, 0.15) is 17.9 Å². The Morgan fingerprint density at radius 1 is 1.00 bits per heavy atom. The van der Waals surface area contributed by atoms with Crippen LogP contribution in [-0.2, 0) is 16.2 Å². The molecule has 1 heterocycles. The summed E-state index contributed by atoms with van der Waals surface area (Å²) >= 11 is 3.38. The van der Waals surface area contributed by atoms with Gasteiger partial charge >= 0.3 is 6.03 Å². The molecule has 3 aromatic carbocycles. The highest BCUT2D eigenvalue weighted by atomic mass is 79.9. The molecule has 0 aliphatic carbocycles. The molecule has 0 spiro atoms. The maximum absolute atomic E-state index is 13.3. The van der Waals surface area contributed by atoms with Crippen molar-refractivity contribution in [3.8, 4) is 5.75 Å². The summed E-state index contributed by atoms with van der Waals surface area (Å²) in [4.78, 5) is 49.8. The summed E-state index contributed by atoms with van der Waals surface area (Å²) < 4.78 is 6.58. The van der Waals surface area contributed by atoms with Crippen LogP contribution >= 0.6 is 15.9 Å². The third-order valence-electron chi connectivity index (χ3n) is 5.38. The molecule has 36 heavy (non-hydrogen) atoms. The van der Waals surface area contributed by atoms with Crippen LogP contribution in [0.3, 0.4) is 0 Å². The van der Waals surface area contributed by atoms with Gasteiger partial charge in [-0.3, -0.25) is 25.0 Å². The van der Waals surface area contributed by atoms with Gasteiger partial charge in [0.15, 0.2) is 0 Å². The molecule has 0 atom stereocenters. The minimum atomic E-state index is -0.823. The zero-order chi connectivity index (χ0) is 26.0. The van der Waals surface area contributed by atoms with Gasteiger partial charge in [0.05, 0.1) is 10.6 Å². The standard InChI is InChI=1S/C26H20BrN3O6/c1-15-9-16(2)11-21(10-15)29-25(32)22(24(31)28-26(29)33)13-18-12-19(27)5-8-23(18)36-14-17-3-6-20(7-4-17)30(34)35/h3-13H,14H2,1-2H3,(H,28,31,33)/b22-13+. The summed E-state index contributed by atoms with van der Waals surface area (Å²) in [7, 11) is 0. The summed E-state index contributed by atoms with van der Waals surface area (Å²) in [5.41, 5.74) is 2.95. The Morgan fingerprint density at radius 2 is 1.67 bits per heavy atom. The summed E-state index contributed by atoms with van der Waals surface area (Å²) in [6.45, 7) is 3.80. The number of aryl methyl sites for hydroxylation is 2. The lowest BCUT2D eigenvalue weighted by atomic mass is 10.0. The lowest BCUT2D eigenvalue weighted by Crippen LogP contribution is -2.54. The second kappa shape index (κ2) is 10.1. The van der Waals surface area contributed by atoms with E-state index in [2.05, 4.69) is 21.2 Å². The van der Waals surface area contributed by atoms with Crippen LogP contribution in [0.4, 0.5) is 16.2 Å². The number of ether oxygens (including phenoxy) is 1. The third-order valence-corrected chi connectivity index (χ3v) is 5.87. The maximum Gasteiger partial charge on any atom is 0.335 e.